The quantitative estimate of drug-likeness (QED) is 0.851. The summed E-state index contributed by atoms with van der Waals surface area (Å²) < 4.78 is 0. The Balaban J connectivity index is 1.60. The predicted molar refractivity (Wildman–Crippen MR) is 107 cm³/mol. The molecule has 0 spiro atoms. The summed E-state index contributed by atoms with van der Waals surface area (Å²) in [6, 6.07) is 17.2. The van der Waals surface area contributed by atoms with Crippen LogP contribution in [0.25, 0.3) is 0 Å². The number of rotatable bonds is 5. The van der Waals surface area contributed by atoms with Crippen LogP contribution < -0.4 is 5.32 Å². The Bertz CT molecular complexity index is 809. The standard InChI is InChI=1S/C22H25ClN2O2/c1-22(21(27)24-15-17-8-3-2-4-9-17)12-7-13-25(16-22)20(26)14-18-10-5-6-11-19(18)23/h2-6,8-11H,7,12-16H2,1H3,(H,24,27)/t22-/m1/s1. The molecule has 1 fully saturated rings. The van der Waals surface area contributed by atoms with Crippen LogP contribution in [0, 0.1) is 5.41 Å². The summed E-state index contributed by atoms with van der Waals surface area (Å²) in [4.78, 5) is 27.3. The lowest BCUT2D eigenvalue weighted by atomic mass is 9.80. The molecule has 2 aromatic rings. The summed E-state index contributed by atoms with van der Waals surface area (Å²) in [5.74, 6) is 0.0199. The Morgan fingerprint density at radius 3 is 2.56 bits per heavy atom. The van der Waals surface area contributed by atoms with E-state index in [4.69, 9.17) is 11.6 Å². The van der Waals surface area contributed by atoms with Crippen LogP contribution in [0.3, 0.4) is 0 Å². The summed E-state index contributed by atoms with van der Waals surface area (Å²) in [6.07, 6.45) is 1.87. The fraction of sp³-hybridized carbons (Fsp3) is 0.364. The molecule has 0 aromatic heterocycles. The fourth-order valence-electron chi connectivity index (χ4n) is 3.55. The van der Waals surface area contributed by atoms with Gasteiger partial charge in [0, 0.05) is 24.7 Å². The van der Waals surface area contributed by atoms with E-state index in [0.717, 1.165) is 24.0 Å². The average molecular weight is 385 g/mol. The molecule has 1 heterocycles. The van der Waals surface area contributed by atoms with Crippen LogP contribution >= 0.6 is 11.6 Å². The normalized spacial score (nSPS) is 19.6. The van der Waals surface area contributed by atoms with Gasteiger partial charge in [0.05, 0.1) is 11.8 Å². The van der Waals surface area contributed by atoms with Crippen molar-refractivity contribution in [3.63, 3.8) is 0 Å². The molecule has 0 unspecified atom stereocenters. The number of likely N-dealkylation sites (tertiary alicyclic amines) is 1. The maximum atomic E-state index is 12.8. The first kappa shape index (κ1) is 19.4. The highest BCUT2D eigenvalue weighted by atomic mass is 35.5. The van der Waals surface area contributed by atoms with Crippen LogP contribution in [0.1, 0.15) is 30.9 Å². The highest BCUT2D eigenvalue weighted by Gasteiger charge is 2.39. The van der Waals surface area contributed by atoms with Crippen molar-refractivity contribution in [2.45, 2.75) is 32.7 Å². The molecule has 0 saturated carbocycles. The van der Waals surface area contributed by atoms with E-state index in [1.807, 2.05) is 55.5 Å². The van der Waals surface area contributed by atoms with Crippen molar-refractivity contribution in [3.05, 3.63) is 70.7 Å². The molecule has 2 amide bonds. The number of hydrogen-bond acceptors (Lipinski definition) is 2. The zero-order valence-corrected chi connectivity index (χ0v) is 16.3. The van der Waals surface area contributed by atoms with Gasteiger partial charge in [-0.1, -0.05) is 60.1 Å². The van der Waals surface area contributed by atoms with E-state index in [1.54, 1.807) is 11.0 Å². The fourth-order valence-corrected chi connectivity index (χ4v) is 3.75. The Labute approximate surface area is 165 Å². The molecule has 27 heavy (non-hydrogen) atoms. The van der Waals surface area contributed by atoms with Gasteiger partial charge in [-0.25, -0.2) is 0 Å². The number of nitrogens with one attached hydrogen (secondary N) is 1. The van der Waals surface area contributed by atoms with E-state index < -0.39 is 5.41 Å². The summed E-state index contributed by atoms with van der Waals surface area (Å²) in [6.45, 7) is 3.58. The van der Waals surface area contributed by atoms with Gasteiger partial charge in [-0.2, -0.15) is 0 Å². The zero-order chi connectivity index (χ0) is 19.3. The van der Waals surface area contributed by atoms with Crippen molar-refractivity contribution in [2.75, 3.05) is 13.1 Å². The molecule has 1 N–H and O–H groups in total. The minimum absolute atomic E-state index is 0.00148. The van der Waals surface area contributed by atoms with E-state index in [2.05, 4.69) is 5.32 Å². The minimum atomic E-state index is -0.566. The van der Waals surface area contributed by atoms with Crippen molar-refractivity contribution >= 4 is 23.4 Å². The molecular weight excluding hydrogens is 360 g/mol. The molecule has 2 aromatic carbocycles. The molecule has 4 nitrogen and oxygen atoms in total. The largest absolute Gasteiger partial charge is 0.351 e. The van der Waals surface area contributed by atoms with Gasteiger partial charge in [0.15, 0.2) is 0 Å². The van der Waals surface area contributed by atoms with E-state index in [-0.39, 0.29) is 18.2 Å². The third-order valence-corrected chi connectivity index (χ3v) is 5.56. The molecule has 142 valence electrons. The van der Waals surface area contributed by atoms with Gasteiger partial charge in [0.1, 0.15) is 0 Å². The zero-order valence-electron chi connectivity index (χ0n) is 15.6. The molecule has 1 atom stereocenters. The van der Waals surface area contributed by atoms with Gasteiger partial charge >= 0.3 is 0 Å². The van der Waals surface area contributed by atoms with Crippen LogP contribution in [-0.4, -0.2) is 29.8 Å². The van der Waals surface area contributed by atoms with Gasteiger partial charge in [-0.05, 0) is 37.0 Å². The molecule has 1 aliphatic heterocycles. The number of amides is 2. The highest BCUT2D eigenvalue weighted by molar-refractivity contribution is 6.31. The third kappa shape index (κ3) is 4.89. The molecule has 1 saturated heterocycles. The Morgan fingerprint density at radius 1 is 1.11 bits per heavy atom. The summed E-state index contributed by atoms with van der Waals surface area (Å²) in [5.41, 5.74) is 1.32. The molecule has 0 radical (unpaired) electrons. The summed E-state index contributed by atoms with van der Waals surface area (Å²) in [7, 11) is 0. The number of halogens is 1. The van der Waals surface area contributed by atoms with Gasteiger partial charge in [-0.3, -0.25) is 9.59 Å². The number of benzene rings is 2. The maximum absolute atomic E-state index is 12.8. The molecule has 3 rings (SSSR count). The SMILES string of the molecule is C[C@@]1(C(=O)NCc2ccccc2)CCCN(C(=O)Cc2ccccc2Cl)C1. The average Bonchev–Trinajstić information content (AvgIpc) is 2.68. The first-order valence-corrected chi connectivity index (χ1v) is 9.69. The summed E-state index contributed by atoms with van der Waals surface area (Å²) in [5, 5.41) is 3.63. The Kier molecular flexibility index (Phi) is 6.17. The summed E-state index contributed by atoms with van der Waals surface area (Å²) >= 11 is 6.18. The van der Waals surface area contributed by atoms with E-state index in [9.17, 15) is 9.59 Å². The Hall–Kier alpha value is -2.33. The molecule has 1 aliphatic rings. The van der Waals surface area contributed by atoms with Gasteiger partial charge in [0.2, 0.25) is 11.8 Å². The lowest BCUT2D eigenvalue weighted by Crippen LogP contribution is -2.52. The number of piperidine rings is 1. The second-order valence-electron chi connectivity index (χ2n) is 7.42. The molecular formula is C22H25ClN2O2. The van der Waals surface area contributed by atoms with Crippen molar-refractivity contribution < 1.29 is 9.59 Å². The van der Waals surface area contributed by atoms with E-state index in [1.165, 1.54) is 0 Å². The Morgan fingerprint density at radius 2 is 1.81 bits per heavy atom. The van der Waals surface area contributed by atoms with Crippen molar-refractivity contribution in [2.24, 2.45) is 5.41 Å². The second kappa shape index (κ2) is 8.57. The molecule has 0 aliphatic carbocycles. The highest BCUT2D eigenvalue weighted by Crippen LogP contribution is 2.30. The first-order valence-electron chi connectivity index (χ1n) is 9.31. The predicted octanol–water partition coefficient (Wildman–Crippen LogP) is 3.83. The van der Waals surface area contributed by atoms with Crippen LogP contribution in [0.2, 0.25) is 5.02 Å². The van der Waals surface area contributed by atoms with E-state index >= 15 is 0 Å². The van der Waals surface area contributed by atoms with Crippen LogP contribution in [0.5, 0.6) is 0 Å². The smallest absolute Gasteiger partial charge is 0.227 e. The van der Waals surface area contributed by atoms with E-state index in [0.29, 0.717) is 24.7 Å². The van der Waals surface area contributed by atoms with Crippen LogP contribution in [0.4, 0.5) is 0 Å². The van der Waals surface area contributed by atoms with Gasteiger partial charge in [0.25, 0.3) is 0 Å². The number of carbonyl (C=O) groups is 2. The van der Waals surface area contributed by atoms with Gasteiger partial charge in [-0.15, -0.1) is 0 Å². The topological polar surface area (TPSA) is 49.4 Å². The third-order valence-electron chi connectivity index (χ3n) is 5.19. The number of hydrogen-bond donors (Lipinski definition) is 1. The first-order chi connectivity index (χ1) is 13.0. The van der Waals surface area contributed by atoms with Gasteiger partial charge < -0.3 is 10.2 Å². The minimum Gasteiger partial charge on any atom is -0.351 e. The van der Waals surface area contributed by atoms with Crippen LogP contribution in [-0.2, 0) is 22.6 Å². The number of carbonyl (C=O) groups excluding carboxylic acids is 2. The lowest BCUT2D eigenvalue weighted by Gasteiger charge is -2.39. The lowest BCUT2D eigenvalue weighted by molar-refractivity contribution is -0.140. The van der Waals surface area contributed by atoms with Crippen molar-refractivity contribution in [1.29, 1.82) is 0 Å². The van der Waals surface area contributed by atoms with Crippen molar-refractivity contribution in [3.8, 4) is 0 Å². The molecule has 5 heteroatoms. The second-order valence-corrected chi connectivity index (χ2v) is 7.82. The number of nitrogens with zero attached hydrogens (tertiary/aromatic N) is 1. The van der Waals surface area contributed by atoms with Crippen LogP contribution in [0.15, 0.2) is 54.6 Å². The molecule has 0 bridgehead atoms. The monoisotopic (exact) mass is 384 g/mol. The maximum Gasteiger partial charge on any atom is 0.227 e. The van der Waals surface area contributed by atoms with Crippen molar-refractivity contribution in [1.82, 2.24) is 10.2 Å².